The highest BCUT2D eigenvalue weighted by atomic mass is 79.9. The van der Waals surface area contributed by atoms with Gasteiger partial charge in [0.1, 0.15) is 5.82 Å². The van der Waals surface area contributed by atoms with Crippen molar-refractivity contribution in [2.75, 3.05) is 14.1 Å². The van der Waals surface area contributed by atoms with E-state index in [1.165, 1.54) is 6.07 Å². The third-order valence-corrected chi connectivity index (χ3v) is 5.26. The Labute approximate surface area is 132 Å². The molecule has 1 aliphatic carbocycles. The van der Waals surface area contributed by atoms with Crippen LogP contribution in [0.1, 0.15) is 43.0 Å². The topological polar surface area (TPSA) is 20.3 Å². The lowest BCUT2D eigenvalue weighted by atomic mass is 9.72. The first kappa shape index (κ1) is 16.6. The van der Waals surface area contributed by atoms with Gasteiger partial charge in [-0.3, -0.25) is 9.69 Å². The van der Waals surface area contributed by atoms with Gasteiger partial charge in [-0.15, -0.1) is 0 Å². The number of rotatable bonds is 3. The second-order valence-electron chi connectivity index (χ2n) is 6.16. The zero-order chi connectivity index (χ0) is 15.8. The average molecular weight is 360 g/mol. The maximum Gasteiger partial charge on any atom is 0.188 e. The zero-order valence-electron chi connectivity index (χ0n) is 12.5. The molecule has 1 aromatic carbocycles. The van der Waals surface area contributed by atoms with E-state index < -0.39 is 28.5 Å². The Balaban J connectivity index is 2.48. The normalized spacial score (nSPS) is 26.1. The molecule has 1 saturated carbocycles. The van der Waals surface area contributed by atoms with Crippen molar-refractivity contribution < 1.29 is 13.6 Å². The van der Waals surface area contributed by atoms with Gasteiger partial charge >= 0.3 is 0 Å². The fraction of sp³-hybridized carbons (Fsp3) is 0.562. The van der Waals surface area contributed by atoms with Gasteiger partial charge in [0.15, 0.2) is 11.6 Å². The number of Topliss-reactive ketones (excluding diaryl/α,β-unsaturated/α-hetero) is 1. The van der Waals surface area contributed by atoms with E-state index in [4.69, 9.17) is 0 Å². The fourth-order valence-corrected chi connectivity index (χ4v) is 3.42. The van der Waals surface area contributed by atoms with Crippen LogP contribution < -0.4 is 0 Å². The summed E-state index contributed by atoms with van der Waals surface area (Å²) in [5, 5.41) is 0. The van der Waals surface area contributed by atoms with Gasteiger partial charge in [-0.2, -0.15) is 0 Å². The van der Waals surface area contributed by atoms with E-state index in [-0.39, 0.29) is 4.47 Å². The van der Waals surface area contributed by atoms with Crippen LogP contribution in [0.5, 0.6) is 0 Å². The van der Waals surface area contributed by atoms with Crippen molar-refractivity contribution in [3.8, 4) is 0 Å². The lowest BCUT2D eigenvalue weighted by Gasteiger charge is -2.43. The number of halogens is 3. The van der Waals surface area contributed by atoms with Crippen LogP contribution >= 0.6 is 15.9 Å². The average Bonchev–Trinajstić information content (AvgIpc) is 2.44. The summed E-state index contributed by atoms with van der Waals surface area (Å²) in [6.07, 6.45) is 3.04. The molecule has 2 nitrogen and oxygen atoms in total. The van der Waals surface area contributed by atoms with E-state index in [2.05, 4.69) is 22.9 Å². The SMILES string of the molecule is CC1CCC(C(=O)c2c(F)ccc(Br)c2F)(N(C)C)CC1. The monoisotopic (exact) mass is 359 g/mol. The number of benzene rings is 1. The van der Waals surface area contributed by atoms with Gasteiger partial charge < -0.3 is 0 Å². The van der Waals surface area contributed by atoms with Crippen molar-refractivity contribution in [3.05, 3.63) is 33.8 Å². The number of hydrogen-bond donors (Lipinski definition) is 0. The molecule has 0 amide bonds. The van der Waals surface area contributed by atoms with Gasteiger partial charge in [-0.1, -0.05) is 6.92 Å². The minimum Gasteiger partial charge on any atom is -0.297 e. The van der Waals surface area contributed by atoms with Crippen LogP contribution in [0.25, 0.3) is 0 Å². The minimum absolute atomic E-state index is 0.116. The van der Waals surface area contributed by atoms with E-state index >= 15 is 0 Å². The van der Waals surface area contributed by atoms with Crippen LogP contribution in [-0.2, 0) is 0 Å². The van der Waals surface area contributed by atoms with Crippen LogP contribution in [-0.4, -0.2) is 30.3 Å². The molecule has 1 aromatic rings. The first-order valence-corrected chi connectivity index (χ1v) is 7.94. The number of ketones is 1. The third kappa shape index (κ3) is 2.90. The minimum atomic E-state index is -0.811. The van der Waals surface area contributed by atoms with Crippen LogP contribution in [0, 0.1) is 17.6 Å². The summed E-state index contributed by atoms with van der Waals surface area (Å²) in [4.78, 5) is 14.7. The second kappa shape index (κ2) is 6.13. The van der Waals surface area contributed by atoms with E-state index in [1.807, 2.05) is 19.0 Å². The predicted molar refractivity (Wildman–Crippen MR) is 82.4 cm³/mol. The molecular weight excluding hydrogens is 340 g/mol. The number of likely N-dealkylation sites (N-methyl/N-ethyl adjacent to an activating group) is 1. The fourth-order valence-electron chi connectivity index (χ4n) is 3.08. The van der Waals surface area contributed by atoms with Crippen molar-refractivity contribution in [2.24, 2.45) is 5.92 Å². The van der Waals surface area contributed by atoms with Crippen molar-refractivity contribution in [1.82, 2.24) is 4.90 Å². The van der Waals surface area contributed by atoms with Crippen LogP contribution in [0.4, 0.5) is 8.78 Å². The molecule has 0 saturated heterocycles. The molecule has 2 rings (SSSR count). The van der Waals surface area contributed by atoms with Gasteiger partial charge in [0.05, 0.1) is 15.6 Å². The summed E-state index contributed by atoms with van der Waals surface area (Å²) in [6.45, 7) is 2.14. The summed E-state index contributed by atoms with van der Waals surface area (Å²) in [5.41, 5.74) is -1.23. The van der Waals surface area contributed by atoms with Gasteiger partial charge in [-0.05, 0) is 73.8 Å². The van der Waals surface area contributed by atoms with Crippen molar-refractivity contribution in [3.63, 3.8) is 0 Å². The molecule has 0 aliphatic heterocycles. The number of nitrogens with zero attached hydrogens (tertiary/aromatic N) is 1. The summed E-state index contributed by atoms with van der Waals surface area (Å²) >= 11 is 3.03. The summed E-state index contributed by atoms with van der Waals surface area (Å²) in [7, 11) is 3.61. The first-order chi connectivity index (χ1) is 9.79. The van der Waals surface area contributed by atoms with E-state index in [0.29, 0.717) is 18.8 Å². The van der Waals surface area contributed by atoms with Crippen molar-refractivity contribution in [1.29, 1.82) is 0 Å². The Hall–Kier alpha value is -0.810. The molecule has 0 unspecified atom stereocenters. The molecule has 0 bridgehead atoms. The molecule has 0 atom stereocenters. The Bertz CT molecular complexity index is 551. The standard InChI is InChI=1S/C16H20BrF2NO/c1-10-6-8-16(9-7-10,20(2)3)15(21)13-12(18)5-4-11(17)14(13)19/h4-5,10H,6-9H2,1-3H3. The second-order valence-corrected chi connectivity index (χ2v) is 7.01. The molecule has 0 N–H and O–H groups in total. The highest BCUT2D eigenvalue weighted by Gasteiger charge is 2.45. The zero-order valence-corrected chi connectivity index (χ0v) is 14.1. The molecule has 0 heterocycles. The molecule has 0 spiro atoms. The summed E-state index contributed by atoms with van der Waals surface area (Å²) < 4.78 is 28.4. The maximum absolute atomic E-state index is 14.3. The first-order valence-electron chi connectivity index (χ1n) is 7.15. The van der Waals surface area contributed by atoms with Crippen LogP contribution in [0.2, 0.25) is 0 Å². The van der Waals surface area contributed by atoms with E-state index in [9.17, 15) is 13.6 Å². The number of hydrogen-bond acceptors (Lipinski definition) is 2. The van der Waals surface area contributed by atoms with E-state index in [1.54, 1.807) is 0 Å². The smallest absolute Gasteiger partial charge is 0.188 e. The van der Waals surface area contributed by atoms with Crippen LogP contribution in [0.3, 0.4) is 0 Å². The lowest BCUT2D eigenvalue weighted by Crippen LogP contribution is -2.53. The molecule has 116 valence electrons. The molecule has 21 heavy (non-hydrogen) atoms. The summed E-state index contributed by atoms with van der Waals surface area (Å²) in [6, 6.07) is 2.42. The molecule has 0 radical (unpaired) electrons. The number of carbonyl (C=O) groups excluding carboxylic acids is 1. The Morgan fingerprint density at radius 2 is 1.86 bits per heavy atom. The highest BCUT2D eigenvalue weighted by Crippen LogP contribution is 2.39. The largest absolute Gasteiger partial charge is 0.297 e. The van der Waals surface area contributed by atoms with Crippen molar-refractivity contribution >= 4 is 21.7 Å². The van der Waals surface area contributed by atoms with Crippen molar-refractivity contribution in [2.45, 2.75) is 38.1 Å². The third-order valence-electron chi connectivity index (χ3n) is 4.65. The summed E-state index contributed by atoms with van der Waals surface area (Å²) in [5.74, 6) is -1.50. The Kier molecular flexibility index (Phi) is 4.83. The molecule has 5 heteroatoms. The maximum atomic E-state index is 14.3. The molecule has 1 fully saturated rings. The molecule has 1 aliphatic rings. The van der Waals surface area contributed by atoms with E-state index in [0.717, 1.165) is 18.9 Å². The molecular formula is C16H20BrF2NO. The van der Waals surface area contributed by atoms with Gasteiger partial charge in [0.2, 0.25) is 0 Å². The molecule has 0 aromatic heterocycles. The van der Waals surface area contributed by atoms with Gasteiger partial charge in [-0.25, -0.2) is 8.78 Å². The highest BCUT2D eigenvalue weighted by molar-refractivity contribution is 9.10. The van der Waals surface area contributed by atoms with Gasteiger partial charge in [0.25, 0.3) is 0 Å². The van der Waals surface area contributed by atoms with Crippen LogP contribution in [0.15, 0.2) is 16.6 Å². The Morgan fingerprint density at radius 1 is 1.29 bits per heavy atom. The quantitative estimate of drug-likeness (QED) is 0.588. The lowest BCUT2D eigenvalue weighted by molar-refractivity contribution is 0.0504. The predicted octanol–water partition coefficient (Wildman–Crippen LogP) is 4.42. The Morgan fingerprint density at radius 3 is 2.38 bits per heavy atom. The number of carbonyl (C=O) groups is 1. The van der Waals surface area contributed by atoms with Gasteiger partial charge in [0, 0.05) is 0 Å².